The lowest BCUT2D eigenvalue weighted by atomic mass is 10.0. The zero-order valence-corrected chi connectivity index (χ0v) is 7.08. The van der Waals surface area contributed by atoms with Gasteiger partial charge in [0.25, 0.3) is 0 Å². The summed E-state index contributed by atoms with van der Waals surface area (Å²) in [6, 6.07) is 0. The Kier molecular flexibility index (Phi) is 2.24. The van der Waals surface area contributed by atoms with Crippen molar-refractivity contribution in [2.45, 2.75) is 13.3 Å². The number of hydrogen-bond acceptors (Lipinski definition) is 0. The van der Waals surface area contributed by atoms with Gasteiger partial charge in [-0.3, -0.25) is 0 Å². The summed E-state index contributed by atoms with van der Waals surface area (Å²) in [6.07, 6.45) is 1.35. The normalized spacial score (nSPS) is 26.8. The predicted octanol–water partition coefficient (Wildman–Crippen LogP) is 3.46. The summed E-state index contributed by atoms with van der Waals surface area (Å²) in [7, 11) is 0. The predicted molar refractivity (Wildman–Crippen MR) is 40.0 cm³/mol. The van der Waals surface area contributed by atoms with Gasteiger partial charge in [-0.2, -0.15) is 0 Å². The maximum atomic E-state index is 12.6. The van der Waals surface area contributed by atoms with Crippen LogP contribution in [-0.2, 0) is 0 Å². The summed E-state index contributed by atoms with van der Waals surface area (Å²) in [4.78, 5) is 0. The first kappa shape index (κ1) is 7.92. The van der Waals surface area contributed by atoms with Crippen LogP contribution in [0, 0.1) is 5.92 Å². The molecule has 0 aromatic rings. The van der Waals surface area contributed by atoms with Crippen LogP contribution in [0.1, 0.15) is 13.3 Å². The smallest absolute Gasteiger partial charge is 0.135 e. The van der Waals surface area contributed by atoms with Crippen LogP contribution in [0.15, 0.2) is 22.2 Å². The molecule has 0 aromatic carbocycles. The lowest BCUT2D eigenvalue weighted by Crippen LogP contribution is -2.00. The monoisotopic (exact) mass is 208 g/mol. The Labute approximate surface area is 66.7 Å². The second kappa shape index (κ2) is 2.82. The zero-order chi connectivity index (χ0) is 7.72. The van der Waals surface area contributed by atoms with Crippen LogP contribution in [0.3, 0.4) is 0 Å². The van der Waals surface area contributed by atoms with Crippen molar-refractivity contribution in [1.82, 2.24) is 0 Å². The van der Waals surface area contributed by atoms with Crippen molar-refractivity contribution in [3.05, 3.63) is 22.2 Å². The molecule has 56 valence electrons. The topological polar surface area (TPSA) is 0 Å². The summed E-state index contributed by atoms with van der Waals surface area (Å²) in [5.41, 5.74) is 0. The van der Waals surface area contributed by atoms with Gasteiger partial charge in [0.15, 0.2) is 0 Å². The molecular formula is C7H7BrF2. The van der Waals surface area contributed by atoms with E-state index < -0.39 is 5.83 Å². The number of halogens is 3. The highest BCUT2D eigenvalue weighted by Crippen LogP contribution is 2.33. The second-order valence-electron chi connectivity index (χ2n) is 2.39. The van der Waals surface area contributed by atoms with E-state index in [0.29, 0.717) is 10.9 Å². The molecule has 0 amide bonds. The van der Waals surface area contributed by atoms with E-state index in [0.717, 1.165) is 6.08 Å². The third-order valence-electron chi connectivity index (χ3n) is 1.48. The Morgan fingerprint density at radius 2 is 2.20 bits per heavy atom. The van der Waals surface area contributed by atoms with Gasteiger partial charge in [-0.25, -0.2) is 8.78 Å². The van der Waals surface area contributed by atoms with E-state index in [-0.39, 0.29) is 11.7 Å². The number of hydrogen-bond donors (Lipinski definition) is 0. The molecule has 0 bridgehead atoms. The Morgan fingerprint density at radius 3 is 2.70 bits per heavy atom. The fourth-order valence-electron chi connectivity index (χ4n) is 0.805. The largest absolute Gasteiger partial charge is 0.211 e. The highest BCUT2D eigenvalue weighted by atomic mass is 79.9. The quantitative estimate of drug-likeness (QED) is 0.573. The van der Waals surface area contributed by atoms with Crippen LogP contribution in [0.4, 0.5) is 8.78 Å². The standard InChI is InChI=1S/C7H7BrF2/c1-4-2-5(8)7(10)3-6(4)9/h3-4H,2H2,1H3. The van der Waals surface area contributed by atoms with Gasteiger partial charge < -0.3 is 0 Å². The van der Waals surface area contributed by atoms with Gasteiger partial charge in [0, 0.05) is 16.5 Å². The van der Waals surface area contributed by atoms with Crippen LogP contribution in [-0.4, -0.2) is 0 Å². The SMILES string of the molecule is CC1CC(Br)=C(F)C=C1F. The van der Waals surface area contributed by atoms with Gasteiger partial charge in [0.2, 0.25) is 0 Å². The fraction of sp³-hybridized carbons (Fsp3) is 0.429. The molecule has 0 nitrogen and oxygen atoms in total. The van der Waals surface area contributed by atoms with E-state index in [9.17, 15) is 8.78 Å². The van der Waals surface area contributed by atoms with Gasteiger partial charge >= 0.3 is 0 Å². The Bertz CT molecular complexity index is 206. The Hall–Kier alpha value is -0.180. The van der Waals surface area contributed by atoms with Crippen molar-refractivity contribution in [2.75, 3.05) is 0 Å². The summed E-state index contributed by atoms with van der Waals surface area (Å²) in [6.45, 7) is 1.72. The van der Waals surface area contributed by atoms with Crippen LogP contribution in [0.5, 0.6) is 0 Å². The van der Waals surface area contributed by atoms with Crippen LogP contribution < -0.4 is 0 Å². The van der Waals surface area contributed by atoms with Gasteiger partial charge in [0.05, 0.1) is 0 Å². The molecule has 0 N–H and O–H groups in total. The number of allylic oxidation sites excluding steroid dienone is 4. The minimum atomic E-state index is -0.490. The molecule has 1 atom stereocenters. The Balaban J connectivity index is 2.88. The highest BCUT2D eigenvalue weighted by molar-refractivity contribution is 9.11. The molecule has 0 spiro atoms. The minimum Gasteiger partial charge on any atom is -0.211 e. The van der Waals surface area contributed by atoms with Crippen LogP contribution >= 0.6 is 15.9 Å². The van der Waals surface area contributed by atoms with E-state index in [4.69, 9.17) is 0 Å². The molecule has 0 saturated heterocycles. The van der Waals surface area contributed by atoms with Gasteiger partial charge in [-0.1, -0.05) is 22.9 Å². The molecule has 0 radical (unpaired) electrons. The average molecular weight is 209 g/mol. The molecule has 3 heteroatoms. The van der Waals surface area contributed by atoms with Crippen molar-refractivity contribution in [3.63, 3.8) is 0 Å². The first-order valence-electron chi connectivity index (χ1n) is 3.02. The van der Waals surface area contributed by atoms with Gasteiger partial charge in [-0.15, -0.1) is 0 Å². The lowest BCUT2D eigenvalue weighted by molar-refractivity contribution is 0.472. The van der Waals surface area contributed by atoms with E-state index in [2.05, 4.69) is 15.9 Å². The minimum absolute atomic E-state index is 0.186. The second-order valence-corrected chi connectivity index (χ2v) is 3.34. The maximum Gasteiger partial charge on any atom is 0.135 e. The third-order valence-corrected chi connectivity index (χ3v) is 2.18. The molecule has 1 rings (SSSR count). The molecule has 0 saturated carbocycles. The summed E-state index contributed by atoms with van der Waals surface area (Å²) in [5.74, 6) is -1.05. The first-order chi connectivity index (χ1) is 4.61. The molecule has 0 fully saturated rings. The molecule has 1 aliphatic carbocycles. The van der Waals surface area contributed by atoms with Gasteiger partial charge in [0.1, 0.15) is 11.7 Å². The number of rotatable bonds is 0. The van der Waals surface area contributed by atoms with E-state index in [1.165, 1.54) is 0 Å². The van der Waals surface area contributed by atoms with E-state index >= 15 is 0 Å². The summed E-state index contributed by atoms with van der Waals surface area (Å²) >= 11 is 3.01. The van der Waals surface area contributed by atoms with Crippen molar-refractivity contribution in [2.24, 2.45) is 5.92 Å². The van der Waals surface area contributed by atoms with Crippen molar-refractivity contribution in [1.29, 1.82) is 0 Å². The fourth-order valence-corrected chi connectivity index (χ4v) is 1.41. The summed E-state index contributed by atoms with van der Waals surface area (Å²) < 4.78 is 25.5. The molecule has 0 heterocycles. The van der Waals surface area contributed by atoms with E-state index in [1.54, 1.807) is 6.92 Å². The van der Waals surface area contributed by atoms with Crippen LogP contribution in [0.25, 0.3) is 0 Å². The van der Waals surface area contributed by atoms with Crippen molar-refractivity contribution in [3.8, 4) is 0 Å². The lowest BCUT2D eigenvalue weighted by Gasteiger charge is -2.13. The van der Waals surface area contributed by atoms with Gasteiger partial charge in [-0.05, 0) is 6.42 Å². The summed E-state index contributed by atoms with van der Waals surface area (Å²) in [5, 5.41) is 0. The third kappa shape index (κ3) is 1.45. The average Bonchev–Trinajstić information content (AvgIpc) is 1.84. The molecule has 1 aliphatic rings. The molecule has 0 aliphatic heterocycles. The van der Waals surface area contributed by atoms with Crippen molar-refractivity contribution >= 4 is 15.9 Å². The van der Waals surface area contributed by atoms with Crippen molar-refractivity contribution < 1.29 is 8.78 Å². The first-order valence-corrected chi connectivity index (χ1v) is 3.82. The highest BCUT2D eigenvalue weighted by Gasteiger charge is 2.17. The molecule has 10 heavy (non-hydrogen) atoms. The molecular weight excluding hydrogens is 202 g/mol. The van der Waals surface area contributed by atoms with E-state index in [1.807, 2.05) is 0 Å². The molecule has 0 aromatic heterocycles. The zero-order valence-electron chi connectivity index (χ0n) is 5.50. The molecule has 1 unspecified atom stereocenters. The maximum absolute atomic E-state index is 12.6. The Morgan fingerprint density at radius 1 is 1.60 bits per heavy atom. The van der Waals surface area contributed by atoms with Crippen LogP contribution in [0.2, 0.25) is 0 Å².